The van der Waals surface area contributed by atoms with E-state index in [2.05, 4.69) is 22.4 Å². The van der Waals surface area contributed by atoms with Gasteiger partial charge < -0.3 is 19.0 Å². The zero-order valence-electron chi connectivity index (χ0n) is 14.6. The normalized spacial score (nSPS) is 20.5. The first-order valence-corrected chi connectivity index (χ1v) is 8.96. The number of rotatable bonds is 8. The van der Waals surface area contributed by atoms with Gasteiger partial charge in [0.25, 0.3) is 0 Å². The molecule has 0 aliphatic heterocycles. The number of nitrogens with zero attached hydrogens (tertiary/aromatic N) is 2. The zero-order valence-corrected chi connectivity index (χ0v) is 14.6. The molecule has 3 rings (SSSR count). The molecule has 1 N–H and O–H groups in total. The highest BCUT2D eigenvalue weighted by molar-refractivity contribution is 5.76. The van der Waals surface area contributed by atoms with Crippen LogP contribution in [0.3, 0.4) is 0 Å². The second-order valence-corrected chi connectivity index (χ2v) is 6.54. The summed E-state index contributed by atoms with van der Waals surface area (Å²) in [7, 11) is 0. The van der Waals surface area contributed by atoms with Crippen molar-refractivity contribution in [3.8, 4) is 11.4 Å². The van der Waals surface area contributed by atoms with Gasteiger partial charge >= 0.3 is 0 Å². The number of carbonyl (C=O) groups excluding carboxylic acids is 1. The maximum atomic E-state index is 11.9. The third-order valence-corrected chi connectivity index (χ3v) is 4.60. The SMILES string of the molecule is C[C@H]1CCCC[C@H]1OCCNC(=O)CCc1nc(-c2ccoc2)no1. The van der Waals surface area contributed by atoms with Gasteiger partial charge in [0.05, 0.1) is 24.5 Å². The summed E-state index contributed by atoms with van der Waals surface area (Å²) < 4.78 is 16.0. The fourth-order valence-corrected chi connectivity index (χ4v) is 3.10. The van der Waals surface area contributed by atoms with Crippen LogP contribution in [0.25, 0.3) is 11.4 Å². The van der Waals surface area contributed by atoms with Crippen LogP contribution in [0.5, 0.6) is 0 Å². The van der Waals surface area contributed by atoms with Gasteiger partial charge in [-0.2, -0.15) is 4.98 Å². The minimum Gasteiger partial charge on any atom is -0.472 e. The predicted molar refractivity (Wildman–Crippen MR) is 90.7 cm³/mol. The molecule has 2 aromatic rings. The van der Waals surface area contributed by atoms with E-state index in [1.165, 1.54) is 19.3 Å². The minimum atomic E-state index is -0.0386. The lowest BCUT2D eigenvalue weighted by atomic mass is 9.88. The van der Waals surface area contributed by atoms with Gasteiger partial charge in [-0.25, -0.2) is 0 Å². The van der Waals surface area contributed by atoms with Gasteiger partial charge in [-0.05, 0) is 24.8 Å². The van der Waals surface area contributed by atoms with E-state index < -0.39 is 0 Å². The first-order valence-electron chi connectivity index (χ1n) is 8.96. The second kappa shape index (κ2) is 8.80. The number of hydrogen-bond donors (Lipinski definition) is 1. The summed E-state index contributed by atoms with van der Waals surface area (Å²) in [6.45, 7) is 3.34. The number of nitrogens with one attached hydrogen (secondary N) is 1. The molecule has 25 heavy (non-hydrogen) atoms. The number of aryl methyl sites for hydroxylation is 1. The summed E-state index contributed by atoms with van der Waals surface area (Å²) in [6.07, 6.45) is 9.08. The van der Waals surface area contributed by atoms with Crippen LogP contribution in [0.2, 0.25) is 0 Å². The lowest BCUT2D eigenvalue weighted by molar-refractivity contribution is -0.121. The summed E-state index contributed by atoms with van der Waals surface area (Å²) in [6, 6.07) is 1.76. The summed E-state index contributed by atoms with van der Waals surface area (Å²) in [4.78, 5) is 16.1. The Bertz CT molecular complexity index is 653. The van der Waals surface area contributed by atoms with Crippen molar-refractivity contribution in [2.24, 2.45) is 5.92 Å². The number of amides is 1. The summed E-state index contributed by atoms with van der Waals surface area (Å²) in [5, 5.41) is 6.75. The molecular formula is C18H25N3O4. The minimum absolute atomic E-state index is 0.0386. The molecule has 1 aliphatic rings. The van der Waals surface area contributed by atoms with E-state index in [-0.39, 0.29) is 5.91 Å². The van der Waals surface area contributed by atoms with Crippen molar-refractivity contribution in [1.29, 1.82) is 0 Å². The molecule has 0 saturated heterocycles. The van der Waals surface area contributed by atoms with Crippen molar-refractivity contribution in [1.82, 2.24) is 15.5 Å². The number of hydrogen-bond acceptors (Lipinski definition) is 6. The third-order valence-electron chi connectivity index (χ3n) is 4.60. The largest absolute Gasteiger partial charge is 0.472 e. The van der Waals surface area contributed by atoms with Crippen LogP contribution in [0.15, 0.2) is 27.5 Å². The molecule has 0 unspecified atom stereocenters. The number of aromatic nitrogens is 2. The van der Waals surface area contributed by atoms with Gasteiger partial charge in [0.15, 0.2) is 0 Å². The zero-order chi connectivity index (χ0) is 17.5. The van der Waals surface area contributed by atoms with Crippen molar-refractivity contribution >= 4 is 5.91 Å². The fourth-order valence-electron chi connectivity index (χ4n) is 3.10. The molecule has 1 aliphatic carbocycles. The molecule has 136 valence electrons. The Kier molecular flexibility index (Phi) is 6.22. The quantitative estimate of drug-likeness (QED) is 0.738. The van der Waals surface area contributed by atoms with E-state index >= 15 is 0 Å². The lowest BCUT2D eigenvalue weighted by Gasteiger charge is -2.28. The van der Waals surface area contributed by atoms with E-state index in [0.717, 1.165) is 12.0 Å². The second-order valence-electron chi connectivity index (χ2n) is 6.54. The van der Waals surface area contributed by atoms with E-state index in [9.17, 15) is 4.79 Å². The molecule has 0 aromatic carbocycles. The summed E-state index contributed by atoms with van der Waals surface area (Å²) >= 11 is 0. The molecule has 1 saturated carbocycles. The Morgan fingerprint density at radius 1 is 1.40 bits per heavy atom. The van der Waals surface area contributed by atoms with Crippen LogP contribution in [-0.4, -0.2) is 35.3 Å². The molecule has 2 atom stereocenters. The average molecular weight is 347 g/mol. The van der Waals surface area contributed by atoms with Crippen LogP contribution >= 0.6 is 0 Å². The highest BCUT2D eigenvalue weighted by Crippen LogP contribution is 2.26. The average Bonchev–Trinajstić information content (AvgIpc) is 3.29. The Morgan fingerprint density at radius 3 is 3.08 bits per heavy atom. The standard InChI is InChI=1S/C18H25N3O4/c1-13-4-2-3-5-15(13)24-11-9-19-16(22)6-7-17-20-18(21-25-17)14-8-10-23-12-14/h8,10,12-13,15H,2-7,9,11H2,1H3,(H,19,22)/t13-,15+/m0/s1. The topological polar surface area (TPSA) is 90.4 Å². The maximum Gasteiger partial charge on any atom is 0.227 e. The van der Waals surface area contributed by atoms with Gasteiger partial charge in [-0.1, -0.05) is 24.9 Å². The molecule has 0 radical (unpaired) electrons. The van der Waals surface area contributed by atoms with Gasteiger partial charge in [0.2, 0.25) is 17.6 Å². The van der Waals surface area contributed by atoms with Crippen LogP contribution in [-0.2, 0) is 16.0 Å². The molecule has 2 aromatic heterocycles. The van der Waals surface area contributed by atoms with Crippen molar-refractivity contribution in [3.63, 3.8) is 0 Å². The number of carbonyl (C=O) groups is 1. The maximum absolute atomic E-state index is 11.9. The third kappa shape index (κ3) is 5.16. The molecule has 1 fully saturated rings. The Morgan fingerprint density at radius 2 is 2.28 bits per heavy atom. The lowest BCUT2D eigenvalue weighted by Crippen LogP contribution is -2.31. The highest BCUT2D eigenvalue weighted by Gasteiger charge is 2.21. The van der Waals surface area contributed by atoms with E-state index in [1.54, 1.807) is 18.6 Å². The first-order chi connectivity index (χ1) is 12.2. The Balaban J connectivity index is 1.32. The Labute approximate surface area is 147 Å². The van der Waals surface area contributed by atoms with Gasteiger partial charge in [0.1, 0.15) is 6.26 Å². The van der Waals surface area contributed by atoms with Crippen molar-refractivity contribution in [2.75, 3.05) is 13.2 Å². The van der Waals surface area contributed by atoms with Crippen LogP contribution in [0.1, 0.15) is 44.9 Å². The smallest absolute Gasteiger partial charge is 0.227 e. The van der Waals surface area contributed by atoms with Crippen LogP contribution < -0.4 is 5.32 Å². The first kappa shape index (κ1) is 17.7. The predicted octanol–water partition coefficient (Wildman–Crippen LogP) is 2.97. The Hall–Kier alpha value is -2.15. The molecular weight excluding hydrogens is 322 g/mol. The molecule has 0 bridgehead atoms. The monoisotopic (exact) mass is 347 g/mol. The molecule has 2 heterocycles. The molecule has 1 amide bonds. The van der Waals surface area contributed by atoms with E-state index in [0.29, 0.717) is 49.7 Å². The molecule has 7 heteroatoms. The highest BCUT2D eigenvalue weighted by atomic mass is 16.5. The molecule has 0 spiro atoms. The van der Waals surface area contributed by atoms with Crippen molar-refractivity contribution in [2.45, 2.75) is 51.6 Å². The molecule has 7 nitrogen and oxygen atoms in total. The van der Waals surface area contributed by atoms with Crippen molar-refractivity contribution in [3.05, 3.63) is 24.5 Å². The summed E-state index contributed by atoms with van der Waals surface area (Å²) in [5.41, 5.74) is 0.758. The van der Waals surface area contributed by atoms with E-state index in [4.69, 9.17) is 13.7 Å². The number of furan rings is 1. The van der Waals surface area contributed by atoms with Crippen LogP contribution in [0, 0.1) is 5.92 Å². The van der Waals surface area contributed by atoms with Gasteiger partial charge in [0, 0.05) is 19.4 Å². The van der Waals surface area contributed by atoms with Gasteiger partial charge in [-0.15, -0.1) is 0 Å². The fraction of sp³-hybridized carbons (Fsp3) is 0.611. The number of ether oxygens (including phenoxy) is 1. The van der Waals surface area contributed by atoms with E-state index in [1.807, 2.05) is 0 Å². The van der Waals surface area contributed by atoms with Crippen LogP contribution in [0.4, 0.5) is 0 Å². The summed E-state index contributed by atoms with van der Waals surface area (Å²) in [5.74, 6) is 1.49. The van der Waals surface area contributed by atoms with Gasteiger partial charge in [-0.3, -0.25) is 4.79 Å². The van der Waals surface area contributed by atoms with Crippen molar-refractivity contribution < 1.29 is 18.5 Å².